The maximum absolute atomic E-state index is 13.5. The summed E-state index contributed by atoms with van der Waals surface area (Å²) in [6, 6.07) is 5.78. The number of benzene rings is 1. The Morgan fingerprint density at radius 2 is 2.22 bits per heavy atom. The van der Waals surface area contributed by atoms with Crippen LogP contribution in [0.15, 0.2) is 22.7 Å². The zero-order valence-corrected chi connectivity index (χ0v) is 12.2. The number of aliphatic hydroxyl groups is 1. The molecule has 4 heteroatoms. The van der Waals surface area contributed by atoms with Gasteiger partial charge in [-0.3, -0.25) is 4.90 Å². The van der Waals surface area contributed by atoms with Gasteiger partial charge in [0.1, 0.15) is 5.82 Å². The van der Waals surface area contributed by atoms with E-state index in [4.69, 9.17) is 0 Å². The van der Waals surface area contributed by atoms with E-state index in [0.717, 1.165) is 31.5 Å². The summed E-state index contributed by atoms with van der Waals surface area (Å²) in [6.45, 7) is 4.10. The van der Waals surface area contributed by atoms with Crippen molar-refractivity contribution in [1.29, 1.82) is 0 Å². The fourth-order valence-electron chi connectivity index (χ4n) is 2.50. The van der Waals surface area contributed by atoms with Crippen LogP contribution in [0.4, 0.5) is 4.39 Å². The molecule has 0 radical (unpaired) electrons. The van der Waals surface area contributed by atoms with Crippen molar-refractivity contribution in [3.8, 4) is 0 Å². The third-order valence-corrected chi connectivity index (χ3v) is 4.38. The van der Waals surface area contributed by atoms with E-state index in [1.165, 1.54) is 0 Å². The molecule has 2 nitrogen and oxygen atoms in total. The zero-order valence-electron chi connectivity index (χ0n) is 10.6. The van der Waals surface area contributed by atoms with Crippen LogP contribution in [0.5, 0.6) is 0 Å². The lowest BCUT2D eigenvalue weighted by Gasteiger charge is -2.37. The summed E-state index contributed by atoms with van der Waals surface area (Å²) >= 11 is 3.17. The molecule has 18 heavy (non-hydrogen) atoms. The van der Waals surface area contributed by atoms with Crippen LogP contribution < -0.4 is 0 Å². The minimum absolute atomic E-state index is 0.212. The van der Waals surface area contributed by atoms with Crippen molar-refractivity contribution in [3.63, 3.8) is 0 Å². The monoisotopic (exact) mass is 315 g/mol. The van der Waals surface area contributed by atoms with Crippen molar-refractivity contribution < 1.29 is 9.50 Å². The summed E-state index contributed by atoms with van der Waals surface area (Å²) in [5.41, 5.74) is 0.987. The van der Waals surface area contributed by atoms with Crippen molar-refractivity contribution in [2.75, 3.05) is 13.2 Å². The van der Waals surface area contributed by atoms with Gasteiger partial charge in [-0.1, -0.05) is 6.07 Å². The van der Waals surface area contributed by atoms with E-state index in [1.54, 1.807) is 12.1 Å². The third-order valence-electron chi connectivity index (χ3n) is 3.74. The molecular formula is C14H19BrFNO. The fourth-order valence-corrected chi connectivity index (χ4v) is 2.75. The molecule has 1 aromatic carbocycles. The summed E-state index contributed by atoms with van der Waals surface area (Å²) in [4.78, 5) is 2.33. The molecule has 1 N–H and O–H groups in total. The summed E-state index contributed by atoms with van der Waals surface area (Å²) in [5.74, 6) is 0.150. The van der Waals surface area contributed by atoms with Crippen molar-refractivity contribution in [1.82, 2.24) is 4.90 Å². The Morgan fingerprint density at radius 3 is 2.89 bits per heavy atom. The van der Waals surface area contributed by atoms with Crippen LogP contribution in [0.2, 0.25) is 0 Å². The average molecular weight is 316 g/mol. The van der Waals surface area contributed by atoms with E-state index in [-0.39, 0.29) is 12.4 Å². The molecule has 0 bridgehead atoms. The molecule has 0 aliphatic carbocycles. The number of hydrogen-bond acceptors (Lipinski definition) is 2. The van der Waals surface area contributed by atoms with Crippen molar-refractivity contribution in [3.05, 3.63) is 34.1 Å². The number of rotatable bonds is 3. The Morgan fingerprint density at radius 1 is 1.44 bits per heavy atom. The quantitative estimate of drug-likeness (QED) is 0.926. The second kappa shape index (κ2) is 6.13. The Kier molecular flexibility index (Phi) is 4.76. The van der Waals surface area contributed by atoms with Crippen molar-refractivity contribution in [2.24, 2.45) is 5.92 Å². The Hall–Kier alpha value is -0.450. The standard InChI is InChI=1S/C14H19BrFNO/c1-10-2-3-12(9-18)8-17(10)7-11-4-5-13(15)14(16)6-11/h4-6,10,12,18H,2-3,7-9H2,1H3. The van der Waals surface area contributed by atoms with Gasteiger partial charge >= 0.3 is 0 Å². The zero-order chi connectivity index (χ0) is 13.1. The van der Waals surface area contributed by atoms with Gasteiger partial charge in [0.25, 0.3) is 0 Å². The van der Waals surface area contributed by atoms with Crippen molar-refractivity contribution in [2.45, 2.75) is 32.4 Å². The third kappa shape index (κ3) is 3.31. The van der Waals surface area contributed by atoms with Gasteiger partial charge in [0, 0.05) is 25.7 Å². The SMILES string of the molecule is CC1CCC(CO)CN1Cc1ccc(Br)c(F)c1. The largest absolute Gasteiger partial charge is 0.396 e. The highest BCUT2D eigenvalue weighted by atomic mass is 79.9. The Bertz CT molecular complexity index is 413. The van der Waals surface area contributed by atoms with E-state index in [2.05, 4.69) is 27.8 Å². The van der Waals surface area contributed by atoms with Crippen LogP contribution in [-0.2, 0) is 6.54 Å². The number of piperidine rings is 1. The predicted octanol–water partition coefficient (Wildman–Crippen LogP) is 3.18. The van der Waals surface area contributed by atoms with Crippen LogP contribution >= 0.6 is 15.9 Å². The minimum atomic E-state index is -0.212. The maximum atomic E-state index is 13.5. The number of halogens is 2. The smallest absolute Gasteiger partial charge is 0.137 e. The molecule has 0 aromatic heterocycles. The first-order valence-corrected chi connectivity index (χ1v) is 7.18. The molecule has 1 fully saturated rings. The van der Waals surface area contributed by atoms with E-state index in [9.17, 15) is 9.50 Å². The fraction of sp³-hybridized carbons (Fsp3) is 0.571. The minimum Gasteiger partial charge on any atom is -0.396 e. The van der Waals surface area contributed by atoms with Crippen LogP contribution in [0.25, 0.3) is 0 Å². The molecule has 2 atom stereocenters. The molecule has 1 heterocycles. The highest BCUT2D eigenvalue weighted by Crippen LogP contribution is 2.24. The molecule has 0 amide bonds. The van der Waals surface area contributed by atoms with Crippen molar-refractivity contribution >= 4 is 15.9 Å². The molecule has 1 aliphatic rings. The highest BCUT2D eigenvalue weighted by Gasteiger charge is 2.24. The van der Waals surface area contributed by atoms with E-state index < -0.39 is 0 Å². The van der Waals surface area contributed by atoms with E-state index in [1.807, 2.05) is 6.07 Å². The van der Waals surface area contributed by atoms with Gasteiger partial charge in [0.2, 0.25) is 0 Å². The van der Waals surface area contributed by atoms with Crippen LogP contribution in [0.3, 0.4) is 0 Å². The number of aliphatic hydroxyl groups excluding tert-OH is 1. The summed E-state index contributed by atoms with van der Waals surface area (Å²) in [7, 11) is 0. The number of likely N-dealkylation sites (tertiary alicyclic amines) is 1. The van der Waals surface area contributed by atoms with Gasteiger partial charge in [-0.2, -0.15) is 0 Å². The van der Waals surface area contributed by atoms with Gasteiger partial charge in [-0.05, 0) is 59.3 Å². The van der Waals surface area contributed by atoms with Gasteiger partial charge in [-0.25, -0.2) is 4.39 Å². The molecular weight excluding hydrogens is 297 g/mol. The van der Waals surface area contributed by atoms with Gasteiger partial charge in [0.15, 0.2) is 0 Å². The Labute approximate surface area is 116 Å². The van der Waals surface area contributed by atoms with Gasteiger partial charge < -0.3 is 5.11 Å². The summed E-state index contributed by atoms with van der Waals surface area (Å²) < 4.78 is 14.0. The summed E-state index contributed by atoms with van der Waals surface area (Å²) in [5, 5.41) is 9.25. The second-order valence-electron chi connectivity index (χ2n) is 5.15. The van der Waals surface area contributed by atoms with Gasteiger partial charge in [0.05, 0.1) is 4.47 Å². The lowest BCUT2D eigenvalue weighted by molar-refractivity contribution is 0.0771. The van der Waals surface area contributed by atoms with Crippen LogP contribution in [0.1, 0.15) is 25.3 Å². The lowest BCUT2D eigenvalue weighted by atomic mass is 9.93. The molecule has 0 saturated carbocycles. The average Bonchev–Trinajstić information content (AvgIpc) is 2.36. The number of nitrogens with zero attached hydrogens (tertiary/aromatic N) is 1. The highest BCUT2D eigenvalue weighted by molar-refractivity contribution is 9.10. The molecule has 0 spiro atoms. The molecule has 1 aromatic rings. The lowest BCUT2D eigenvalue weighted by Crippen LogP contribution is -2.42. The predicted molar refractivity (Wildman–Crippen MR) is 73.8 cm³/mol. The molecule has 1 aliphatic heterocycles. The molecule has 1 saturated heterocycles. The first kappa shape index (κ1) is 14.0. The molecule has 2 rings (SSSR count). The van der Waals surface area contributed by atoms with Crippen LogP contribution in [-0.4, -0.2) is 29.2 Å². The first-order valence-electron chi connectivity index (χ1n) is 6.39. The van der Waals surface area contributed by atoms with Gasteiger partial charge in [-0.15, -0.1) is 0 Å². The second-order valence-corrected chi connectivity index (χ2v) is 6.01. The van der Waals surface area contributed by atoms with E-state index in [0.29, 0.717) is 16.4 Å². The Balaban J connectivity index is 2.04. The molecule has 100 valence electrons. The summed E-state index contributed by atoms with van der Waals surface area (Å²) in [6.07, 6.45) is 2.19. The maximum Gasteiger partial charge on any atom is 0.137 e. The van der Waals surface area contributed by atoms with Crippen LogP contribution in [0, 0.1) is 11.7 Å². The topological polar surface area (TPSA) is 23.5 Å². The first-order chi connectivity index (χ1) is 8.60. The molecule has 2 unspecified atom stereocenters. The normalized spacial score (nSPS) is 25.3. The number of hydrogen-bond donors (Lipinski definition) is 1. The van der Waals surface area contributed by atoms with E-state index >= 15 is 0 Å².